The minimum absolute atomic E-state index is 0.308. The standard InChI is InChI=1S/C9H17NO/c1-4-9(11)10-7(2)5-6-8(10)3/h7-8H,4-6H2,1-3H3. The minimum Gasteiger partial charge on any atom is -0.337 e. The molecule has 1 heterocycles. The molecule has 2 atom stereocenters. The number of hydrogen-bond donors (Lipinski definition) is 0. The minimum atomic E-state index is 0.308. The Kier molecular flexibility index (Phi) is 2.53. The summed E-state index contributed by atoms with van der Waals surface area (Å²) in [4.78, 5) is 13.4. The van der Waals surface area contributed by atoms with Crippen molar-refractivity contribution < 1.29 is 4.79 Å². The smallest absolute Gasteiger partial charge is 0.222 e. The van der Waals surface area contributed by atoms with E-state index >= 15 is 0 Å². The molecule has 11 heavy (non-hydrogen) atoms. The van der Waals surface area contributed by atoms with Crippen LogP contribution in [-0.2, 0) is 4.79 Å². The molecule has 0 aromatic rings. The first-order valence-corrected chi connectivity index (χ1v) is 4.48. The van der Waals surface area contributed by atoms with E-state index < -0.39 is 0 Å². The molecule has 0 N–H and O–H groups in total. The molecule has 0 saturated carbocycles. The Morgan fingerprint density at radius 3 is 2.18 bits per heavy atom. The van der Waals surface area contributed by atoms with E-state index in [0.717, 1.165) is 0 Å². The second-order valence-electron chi connectivity index (χ2n) is 3.43. The summed E-state index contributed by atoms with van der Waals surface area (Å²) in [6.45, 7) is 6.20. The van der Waals surface area contributed by atoms with Gasteiger partial charge in [-0.15, -0.1) is 0 Å². The van der Waals surface area contributed by atoms with Gasteiger partial charge in [-0.1, -0.05) is 6.92 Å². The van der Waals surface area contributed by atoms with Crippen molar-refractivity contribution in [1.29, 1.82) is 0 Å². The third-order valence-corrected chi connectivity index (χ3v) is 2.54. The van der Waals surface area contributed by atoms with Gasteiger partial charge in [0.05, 0.1) is 0 Å². The highest BCUT2D eigenvalue weighted by atomic mass is 16.2. The fourth-order valence-electron chi connectivity index (χ4n) is 1.87. The Morgan fingerprint density at radius 1 is 1.36 bits per heavy atom. The van der Waals surface area contributed by atoms with Gasteiger partial charge in [0, 0.05) is 18.5 Å². The summed E-state index contributed by atoms with van der Waals surface area (Å²) >= 11 is 0. The van der Waals surface area contributed by atoms with Crippen molar-refractivity contribution in [2.45, 2.75) is 52.1 Å². The highest BCUT2D eigenvalue weighted by molar-refractivity contribution is 5.76. The van der Waals surface area contributed by atoms with Crippen LogP contribution in [0.2, 0.25) is 0 Å². The summed E-state index contributed by atoms with van der Waals surface area (Å²) < 4.78 is 0. The van der Waals surface area contributed by atoms with Crippen molar-refractivity contribution in [3.63, 3.8) is 0 Å². The summed E-state index contributed by atoms with van der Waals surface area (Å²) in [5.74, 6) is 0.308. The summed E-state index contributed by atoms with van der Waals surface area (Å²) in [6.07, 6.45) is 2.99. The first-order valence-electron chi connectivity index (χ1n) is 4.48. The zero-order chi connectivity index (χ0) is 8.43. The van der Waals surface area contributed by atoms with E-state index in [-0.39, 0.29) is 0 Å². The van der Waals surface area contributed by atoms with Crippen LogP contribution in [-0.4, -0.2) is 22.9 Å². The van der Waals surface area contributed by atoms with E-state index in [1.807, 2.05) is 11.8 Å². The Bertz CT molecular complexity index is 146. The molecule has 2 nitrogen and oxygen atoms in total. The number of rotatable bonds is 1. The highest BCUT2D eigenvalue weighted by Crippen LogP contribution is 2.23. The number of hydrogen-bond acceptors (Lipinski definition) is 1. The fourth-order valence-corrected chi connectivity index (χ4v) is 1.87. The van der Waals surface area contributed by atoms with E-state index in [2.05, 4.69) is 13.8 Å². The molecule has 1 rings (SSSR count). The second kappa shape index (κ2) is 3.24. The maximum Gasteiger partial charge on any atom is 0.222 e. The van der Waals surface area contributed by atoms with E-state index in [1.165, 1.54) is 12.8 Å². The average molecular weight is 155 g/mol. The monoisotopic (exact) mass is 155 g/mol. The molecule has 0 aromatic carbocycles. The molecule has 1 aliphatic heterocycles. The van der Waals surface area contributed by atoms with E-state index in [9.17, 15) is 4.79 Å². The lowest BCUT2D eigenvalue weighted by atomic mass is 10.2. The predicted molar refractivity (Wildman–Crippen MR) is 45.3 cm³/mol. The summed E-state index contributed by atoms with van der Waals surface area (Å²) in [5.41, 5.74) is 0. The molecule has 0 spiro atoms. The van der Waals surface area contributed by atoms with Gasteiger partial charge in [-0.3, -0.25) is 4.79 Å². The molecule has 1 saturated heterocycles. The molecule has 0 radical (unpaired) electrons. The first-order chi connectivity index (χ1) is 5.16. The predicted octanol–water partition coefficient (Wildman–Crippen LogP) is 1.80. The van der Waals surface area contributed by atoms with Crippen LogP contribution in [0.3, 0.4) is 0 Å². The van der Waals surface area contributed by atoms with Crippen LogP contribution in [0.1, 0.15) is 40.0 Å². The van der Waals surface area contributed by atoms with Gasteiger partial charge in [0.2, 0.25) is 5.91 Å². The number of carbonyl (C=O) groups excluding carboxylic acids is 1. The van der Waals surface area contributed by atoms with Gasteiger partial charge in [0.1, 0.15) is 0 Å². The third kappa shape index (κ3) is 1.55. The highest BCUT2D eigenvalue weighted by Gasteiger charge is 2.29. The van der Waals surface area contributed by atoms with Crippen LogP contribution >= 0.6 is 0 Å². The van der Waals surface area contributed by atoms with Crippen LogP contribution in [0.5, 0.6) is 0 Å². The summed E-state index contributed by atoms with van der Waals surface area (Å²) in [6, 6.07) is 0.940. The summed E-state index contributed by atoms with van der Waals surface area (Å²) in [5, 5.41) is 0. The molecule has 2 heteroatoms. The number of carbonyl (C=O) groups is 1. The van der Waals surface area contributed by atoms with Crippen molar-refractivity contribution in [2.24, 2.45) is 0 Å². The first kappa shape index (κ1) is 8.57. The lowest BCUT2D eigenvalue weighted by Crippen LogP contribution is -2.37. The van der Waals surface area contributed by atoms with Gasteiger partial charge < -0.3 is 4.90 Å². The van der Waals surface area contributed by atoms with Crippen LogP contribution in [0.25, 0.3) is 0 Å². The molecule has 1 amide bonds. The lowest BCUT2D eigenvalue weighted by Gasteiger charge is -2.25. The molecule has 2 unspecified atom stereocenters. The quantitative estimate of drug-likeness (QED) is 0.565. The third-order valence-electron chi connectivity index (χ3n) is 2.54. The Morgan fingerprint density at radius 2 is 1.82 bits per heavy atom. The van der Waals surface area contributed by atoms with Gasteiger partial charge in [-0.25, -0.2) is 0 Å². The Hall–Kier alpha value is -0.530. The Balaban J connectivity index is 2.60. The average Bonchev–Trinajstić information content (AvgIpc) is 2.30. The van der Waals surface area contributed by atoms with E-state index in [4.69, 9.17) is 0 Å². The molecular weight excluding hydrogens is 138 g/mol. The Labute approximate surface area is 68.6 Å². The number of likely N-dealkylation sites (tertiary alicyclic amines) is 1. The maximum absolute atomic E-state index is 11.4. The topological polar surface area (TPSA) is 20.3 Å². The molecule has 0 bridgehead atoms. The van der Waals surface area contributed by atoms with Gasteiger partial charge in [0.25, 0.3) is 0 Å². The molecule has 64 valence electrons. The number of nitrogens with zero attached hydrogens (tertiary/aromatic N) is 1. The fraction of sp³-hybridized carbons (Fsp3) is 0.889. The van der Waals surface area contributed by atoms with Gasteiger partial charge in [0.15, 0.2) is 0 Å². The van der Waals surface area contributed by atoms with E-state index in [0.29, 0.717) is 24.4 Å². The van der Waals surface area contributed by atoms with Crippen molar-refractivity contribution >= 4 is 5.91 Å². The molecule has 1 fully saturated rings. The normalized spacial score (nSPS) is 31.0. The SMILES string of the molecule is CCC(=O)N1C(C)CCC1C. The van der Waals surface area contributed by atoms with Crippen LogP contribution in [0, 0.1) is 0 Å². The van der Waals surface area contributed by atoms with Crippen molar-refractivity contribution in [3.05, 3.63) is 0 Å². The van der Waals surface area contributed by atoms with Crippen molar-refractivity contribution in [2.75, 3.05) is 0 Å². The molecule has 0 aromatic heterocycles. The maximum atomic E-state index is 11.4. The second-order valence-corrected chi connectivity index (χ2v) is 3.43. The zero-order valence-corrected chi connectivity index (χ0v) is 7.63. The molecule has 0 aliphatic carbocycles. The zero-order valence-electron chi connectivity index (χ0n) is 7.63. The largest absolute Gasteiger partial charge is 0.337 e. The van der Waals surface area contributed by atoms with Crippen molar-refractivity contribution in [3.8, 4) is 0 Å². The molecular formula is C9H17NO. The summed E-state index contributed by atoms with van der Waals surface area (Å²) in [7, 11) is 0. The van der Waals surface area contributed by atoms with Crippen molar-refractivity contribution in [1.82, 2.24) is 4.90 Å². The van der Waals surface area contributed by atoms with Gasteiger partial charge >= 0.3 is 0 Å². The number of amides is 1. The van der Waals surface area contributed by atoms with Crippen LogP contribution in [0.15, 0.2) is 0 Å². The lowest BCUT2D eigenvalue weighted by molar-refractivity contribution is -0.133. The van der Waals surface area contributed by atoms with Gasteiger partial charge in [-0.2, -0.15) is 0 Å². The van der Waals surface area contributed by atoms with Crippen LogP contribution in [0.4, 0.5) is 0 Å². The van der Waals surface area contributed by atoms with Crippen LogP contribution < -0.4 is 0 Å². The molecule has 1 aliphatic rings. The van der Waals surface area contributed by atoms with E-state index in [1.54, 1.807) is 0 Å². The van der Waals surface area contributed by atoms with Gasteiger partial charge in [-0.05, 0) is 26.7 Å².